The van der Waals surface area contributed by atoms with E-state index in [-0.39, 0.29) is 22.8 Å². The number of carbonyl (C=O) groups excluding carboxylic acids is 2. The molecule has 5 nitrogen and oxygen atoms in total. The second kappa shape index (κ2) is 9.18. The number of pyridine rings is 1. The number of amides is 1. The van der Waals surface area contributed by atoms with Crippen LogP contribution in [0, 0.1) is 5.41 Å². The molecule has 0 spiro atoms. The van der Waals surface area contributed by atoms with Crippen molar-refractivity contribution in [1.29, 1.82) is 0 Å². The molecule has 170 valence electrons. The summed E-state index contributed by atoms with van der Waals surface area (Å²) in [6.07, 6.45) is 2.38. The van der Waals surface area contributed by atoms with Crippen LogP contribution in [0.1, 0.15) is 65.6 Å². The number of para-hydroxylation sites is 1. The molecule has 1 atom stereocenters. The van der Waals surface area contributed by atoms with Gasteiger partial charge in [-0.3, -0.25) is 19.0 Å². The molecule has 1 unspecified atom stereocenters. The van der Waals surface area contributed by atoms with Crippen molar-refractivity contribution in [1.82, 2.24) is 9.88 Å². The largest absolute Gasteiger partial charge is 0.349 e. The average molecular weight is 443 g/mol. The Morgan fingerprint density at radius 1 is 1.00 bits per heavy atom. The van der Waals surface area contributed by atoms with E-state index >= 15 is 0 Å². The Kier molecular flexibility index (Phi) is 6.32. The summed E-state index contributed by atoms with van der Waals surface area (Å²) in [4.78, 5) is 40.0. The first-order valence-corrected chi connectivity index (χ1v) is 11.5. The smallest absolute Gasteiger partial charge is 0.268 e. The molecule has 0 aliphatic heterocycles. The van der Waals surface area contributed by atoms with E-state index < -0.39 is 11.5 Å². The van der Waals surface area contributed by atoms with Crippen molar-refractivity contribution in [3.8, 4) is 5.69 Å². The van der Waals surface area contributed by atoms with Crippen molar-refractivity contribution >= 4 is 11.7 Å². The summed E-state index contributed by atoms with van der Waals surface area (Å²) >= 11 is 0. The molecular formula is C28H30N2O3. The summed E-state index contributed by atoms with van der Waals surface area (Å²) in [5.74, 6) is -0.468. The summed E-state index contributed by atoms with van der Waals surface area (Å²) < 4.78 is 1.56. The molecule has 4 rings (SSSR count). The number of aromatic nitrogens is 1. The lowest BCUT2D eigenvalue weighted by Gasteiger charge is -2.32. The third-order valence-corrected chi connectivity index (χ3v) is 6.30. The van der Waals surface area contributed by atoms with Crippen LogP contribution in [0.2, 0.25) is 0 Å². The zero-order valence-corrected chi connectivity index (χ0v) is 19.4. The number of fused-ring (bicyclic) bond motifs is 1. The van der Waals surface area contributed by atoms with Gasteiger partial charge in [-0.05, 0) is 48.4 Å². The molecule has 2 aromatic carbocycles. The van der Waals surface area contributed by atoms with Crippen LogP contribution in [-0.4, -0.2) is 22.3 Å². The molecule has 1 amide bonds. The zero-order chi connectivity index (χ0) is 23.6. The molecule has 0 saturated heterocycles. The summed E-state index contributed by atoms with van der Waals surface area (Å²) in [6, 6.07) is 20.6. The number of benzene rings is 2. The highest BCUT2D eigenvalue weighted by Crippen LogP contribution is 2.35. The van der Waals surface area contributed by atoms with E-state index in [0.29, 0.717) is 36.2 Å². The number of nitrogens with zero attached hydrogens (tertiary/aromatic N) is 1. The minimum atomic E-state index is -0.437. The first-order valence-electron chi connectivity index (χ1n) is 11.5. The Balaban J connectivity index is 1.76. The molecule has 1 heterocycles. The Morgan fingerprint density at radius 2 is 1.64 bits per heavy atom. The number of Topliss-reactive ketones (excluding diaryl/α,β-unsaturated/α-hetero) is 1. The second-order valence-electron chi connectivity index (χ2n) is 9.60. The van der Waals surface area contributed by atoms with Crippen molar-refractivity contribution in [3.63, 3.8) is 0 Å². The van der Waals surface area contributed by atoms with Gasteiger partial charge in [0.05, 0.1) is 0 Å². The number of ketones is 1. The summed E-state index contributed by atoms with van der Waals surface area (Å²) in [5.41, 5.74) is 2.30. The van der Waals surface area contributed by atoms with Crippen molar-refractivity contribution < 1.29 is 9.59 Å². The van der Waals surface area contributed by atoms with Gasteiger partial charge < -0.3 is 5.32 Å². The van der Waals surface area contributed by atoms with Crippen LogP contribution in [0.4, 0.5) is 0 Å². The van der Waals surface area contributed by atoms with Gasteiger partial charge in [0.2, 0.25) is 0 Å². The Morgan fingerprint density at radius 3 is 2.27 bits per heavy atom. The molecule has 0 saturated carbocycles. The molecule has 1 aromatic heterocycles. The van der Waals surface area contributed by atoms with Gasteiger partial charge in [0, 0.05) is 29.4 Å². The van der Waals surface area contributed by atoms with Crippen LogP contribution in [0.3, 0.4) is 0 Å². The molecular weight excluding hydrogens is 412 g/mol. The average Bonchev–Trinajstić information content (AvgIpc) is 2.78. The van der Waals surface area contributed by atoms with Crippen LogP contribution in [-0.2, 0) is 12.8 Å². The van der Waals surface area contributed by atoms with Crippen molar-refractivity contribution in [2.75, 3.05) is 0 Å². The van der Waals surface area contributed by atoms with Crippen LogP contribution in [0.25, 0.3) is 5.69 Å². The standard InChI is InChI=1S/C28H30N2O3/c1-4-20(15-19-11-7-5-8-12-19)29-26(32)23-16-22-24(17-28(2,3)18-25(22)31)30(27(23)33)21-13-9-6-10-14-21/h5-14,16,20H,4,15,17-18H2,1-3H3,(H,29,32). The molecule has 3 aromatic rings. The lowest BCUT2D eigenvalue weighted by Crippen LogP contribution is -2.42. The van der Waals surface area contributed by atoms with E-state index in [2.05, 4.69) is 5.32 Å². The van der Waals surface area contributed by atoms with Gasteiger partial charge in [-0.2, -0.15) is 0 Å². The monoisotopic (exact) mass is 442 g/mol. The topological polar surface area (TPSA) is 68.2 Å². The Labute approximate surface area is 194 Å². The fraction of sp³-hybridized carbons (Fsp3) is 0.321. The van der Waals surface area contributed by atoms with Crippen molar-refractivity contribution in [2.45, 2.75) is 52.5 Å². The summed E-state index contributed by atoms with van der Waals surface area (Å²) in [5, 5.41) is 3.03. The highest BCUT2D eigenvalue weighted by Gasteiger charge is 2.35. The van der Waals surface area contributed by atoms with E-state index in [1.54, 1.807) is 4.57 Å². The maximum Gasteiger partial charge on any atom is 0.268 e. The number of nitrogens with one attached hydrogen (secondary N) is 1. The summed E-state index contributed by atoms with van der Waals surface area (Å²) in [6.45, 7) is 6.07. The Hall–Kier alpha value is -3.47. The van der Waals surface area contributed by atoms with Gasteiger partial charge in [0.1, 0.15) is 5.56 Å². The van der Waals surface area contributed by atoms with Crippen molar-refractivity contribution in [3.05, 3.63) is 99.5 Å². The molecule has 33 heavy (non-hydrogen) atoms. The van der Waals surface area contributed by atoms with Crippen LogP contribution in [0.15, 0.2) is 71.5 Å². The molecule has 1 aliphatic rings. The third-order valence-electron chi connectivity index (χ3n) is 6.30. The minimum absolute atomic E-state index is 0.0113. The van der Waals surface area contributed by atoms with Gasteiger partial charge in [-0.1, -0.05) is 69.3 Å². The Bertz CT molecular complexity index is 1230. The van der Waals surface area contributed by atoms with Gasteiger partial charge in [-0.25, -0.2) is 0 Å². The van der Waals surface area contributed by atoms with Gasteiger partial charge >= 0.3 is 0 Å². The first-order chi connectivity index (χ1) is 15.8. The predicted molar refractivity (Wildman–Crippen MR) is 130 cm³/mol. The SMILES string of the molecule is CCC(Cc1ccccc1)NC(=O)c1cc2c(n(-c3ccccc3)c1=O)CC(C)(C)CC2=O. The highest BCUT2D eigenvalue weighted by atomic mass is 16.2. The maximum absolute atomic E-state index is 13.6. The van der Waals surface area contributed by atoms with E-state index in [0.717, 1.165) is 12.0 Å². The van der Waals surface area contributed by atoms with Crippen LogP contribution < -0.4 is 10.9 Å². The summed E-state index contributed by atoms with van der Waals surface area (Å²) in [7, 11) is 0. The van der Waals surface area contributed by atoms with E-state index in [4.69, 9.17) is 0 Å². The first kappa shape index (κ1) is 22.7. The molecule has 0 fully saturated rings. The second-order valence-corrected chi connectivity index (χ2v) is 9.60. The number of hydrogen-bond acceptors (Lipinski definition) is 3. The normalized spacial score (nSPS) is 15.5. The molecule has 1 aliphatic carbocycles. The van der Waals surface area contributed by atoms with Crippen LogP contribution in [0.5, 0.6) is 0 Å². The quantitative estimate of drug-likeness (QED) is 0.599. The van der Waals surface area contributed by atoms with E-state index in [1.165, 1.54) is 6.07 Å². The lowest BCUT2D eigenvalue weighted by molar-refractivity contribution is 0.0908. The van der Waals surface area contributed by atoms with Crippen LogP contribution >= 0.6 is 0 Å². The molecule has 5 heteroatoms. The zero-order valence-electron chi connectivity index (χ0n) is 19.4. The van der Waals surface area contributed by atoms with E-state index in [9.17, 15) is 14.4 Å². The van der Waals surface area contributed by atoms with E-state index in [1.807, 2.05) is 81.4 Å². The van der Waals surface area contributed by atoms with Gasteiger partial charge in [-0.15, -0.1) is 0 Å². The van der Waals surface area contributed by atoms with Crippen molar-refractivity contribution in [2.24, 2.45) is 5.41 Å². The maximum atomic E-state index is 13.6. The number of rotatable bonds is 6. The number of hydrogen-bond donors (Lipinski definition) is 1. The lowest BCUT2D eigenvalue weighted by atomic mass is 9.75. The number of carbonyl (C=O) groups is 2. The predicted octanol–water partition coefficient (Wildman–Crippen LogP) is 4.74. The minimum Gasteiger partial charge on any atom is -0.349 e. The molecule has 0 radical (unpaired) electrons. The molecule has 1 N–H and O–H groups in total. The third kappa shape index (κ3) is 4.82. The highest BCUT2D eigenvalue weighted by molar-refractivity contribution is 6.02. The van der Waals surface area contributed by atoms with Gasteiger partial charge in [0.15, 0.2) is 5.78 Å². The fourth-order valence-electron chi connectivity index (χ4n) is 4.59. The van der Waals surface area contributed by atoms with Gasteiger partial charge in [0.25, 0.3) is 11.5 Å². The molecule has 0 bridgehead atoms. The fourth-order valence-corrected chi connectivity index (χ4v) is 4.59.